The molecule has 0 radical (unpaired) electrons. The Labute approximate surface area is 202 Å². The van der Waals surface area contributed by atoms with Crippen LogP contribution in [0.2, 0.25) is 0 Å². The summed E-state index contributed by atoms with van der Waals surface area (Å²) in [7, 11) is 1.37. The first kappa shape index (κ1) is 22.2. The molecule has 35 heavy (non-hydrogen) atoms. The molecule has 5 rings (SSSR count). The number of benzene rings is 2. The summed E-state index contributed by atoms with van der Waals surface area (Å²) < 4.78 is 4.79. The van der Waals surface area contributed by atoms with E-state index in [-0.39, 0.29) is 12.4 Å². The number of fused-ring (bicyclic) bond motifs is 1. The van der Waals surface area contributed by atoms with Crippen molar-refractivity contribution in [2.24, 2.45) is 0 Å². The van der Waals surface area contributed by atoms with Crippen molar-refractivity contribution in [1.29, 1.82) is 0 Å². The van der Waals surface area contributed by atoms with Gasteiger partial charge in [0.05, 0.1) is 36.7 Å². The highest BCUT2D eigenvalue weighted by Gasteiger charge is 2.15. The highest BCUT2D eigenvalue weighted by Crippen LogP contribution is 2.34. The van der Waals surface area contributed by atoms with E-state index < -0.39 is 0 Å². The van der Waals surface area contributed by atoms with Gasteiger partial charge >= 0.3 is 5.97 Å². The van der Waals surface area contributed by atoms with Crippen molar-refractivity contribution < 1.29 is 9.53 Å². The zero-order valence-electron chi connectivity index (χ0n) is 19.2. The number of methoxy groups -OCH3 is 1. The van der Waals surface area contributed by atoms with E-state index in [2.05, 4.69) is 33.5 Å². The summed E-state index contributed by atoms with van der Waals surface area (Å²) in [5, 5.41) is 4.40. The molecule has 0 aliphatic carbocycles. The predicted octanol–water partition coefficient (Wildman–Crippen LogP) is 5.08. The molecule has 0 bridgehead atoms. The third-order valence-corrected chi connectivity index (χ3v) is 5.60. The molecule has 0 spiro atoms. The minimum absolute atomic E-state index is 0.133. The number of esters is 1. The number of carbonyl (C=O) groups excluding carboxylic acids is 1. The lowest BCUT2D eigenvalue weighted by molar-refractivity contribution is -0.139. The van der Waals surface area contributed by atoms with Crippen LogP contribution in [-0.4, -0.2) is 33.0 Å². The standard InChI is InChI=1S/C28H23N5O2/c1-35-25(34)15-19-14-21(17-29-16-19)27-32-24-12-7-11-23(20-8-3-2-4-9-20)26(24)28(33-27)31-18-22-10-5-6-13-30-22/h2-14,16-17H,15,18H2,1H3,(H,31,32,33). The van der Waals surface area contributed by atoms with Crippen LogP contribution in [0.4, 0.5) is 5.82 Å². The molecule has 0 aliphatic heterocycles. The van der Waals surface area contributed by atoms with Crippen molar-refractivity contribution in [3.05, 3.63) is 103 Å². The number of pyridine rings is 2. The van der Waals surface area contributed by atoms with Crippen molar-refractivity contribution in [3.63, 3.8) is 0 Å². The summed E-state index contributed by atoms with van der Waals surface area (Å²) in [6.45, 7) is 0.510. The Balaban J connectivity index is 1.63. The quantitative estimate of drug-likeness (QED) is 0.338. The summed E-state index contributed by atoms with van der Waals surface area (Å²) >= 11 is 0. The van der Waals surface area contributed by atoms with Crippen LogP contribution in [0.15, 0.2) is 91.4 Å². The highest BCUT2D eigenvalue weighted by atomic mass is 16.5. The lowest BCUT2D eigenvalue weighted by Crippen LogP contribution is -2.07. The van der Waals surface area contributed by atoms with E-state index in [4.69, 9.17) is 14.7 Å². The Morgan fingerprint density at radius 2 is 1.77 bits per heavy atom. The van der Waals surface area contributed by atoms with E-state index >= 15 is 0 Å². The van der Waals surface area contributed by atoms with Gasteiger partial charge in [-0.05, 0) is 41.0 Å². The van der Waals surface area contributed by atoms with Crippen LogP contribution in [0, 0.1) is 0 Å². The first-order valence-corrected chi connectivity index (χ1v) is 11.2. The van der Waals surface area contributed by atoms with Gasteiger partial charge in [0.15, 0.2) is 5.82 Å². The van der Waals surface area contributed by atoms with Crippen LogP contribution in [0.3, 0.4) is 0 Å². The van der Waals surface area contributed by atoms with Gasteiger partial charge in [0.25, 0.3) is 0 Å². The number of anilines is 1. The van der Waals surface area contributed by atoms with Crippen LogP contribution in [0.1, 0.15) is 11.3 Å². The van der Waals surface area contributed by atoms with Crippen molar-refractivity contribution in [1.82, 2.24) is 19.9 Å². The Kier molecular flexibility index (Phi) is 6.39. The third-order valence-electron chi connectivity index (χ3n) is 5.60. The second-order valence-corrected chi connectivity index (χ2v) is 7.97. The topological polar surface area (TPSA) is 89.9 Å². The van der Waals surface area contributed by atoms with Gasteiger partial charge in [-0.2, -0.15) is 0 Å². The lowest BCUT2D eigenvalue weighted by atomic mass is 10.0. The fourth-order valence-electron chi connectivity index (χ4n) is 3.92. The summed E-state index contributed by atoms with van der Waals surface area (Å²) in [4.78, 5) is 30.2. The molecule has 2 aromatic carbocycles. The van der Waals surface area contributed by atoms with Gasteiger partial charge in [-0.25, -0.2) is 9.97 Å². The molecule has 7 nitrogen and oxygen atoms in total. The number of carbonyl (C=O) groups is 1. The predicted molar refractivity (Wildman–Crippen MR) is 135 cm³/mol. The molecule has 172 valence electrons. The number of nitrogens with zero attached hydrogens (tertiary/aromatic N) is 4. The van der Waals surface area contributed by atoms with Gasteiger partial charge in [-0.1, -0.05) is 48.5 Å². The first-order valence-electron chi connectivity index (χ1n) is 11.2. The molecule has 0 unspecified atom stereocenters. The van der Waals surface area contributed by atoms with Crippen LogP contribution in [-0.2, 0) is 22.5 Å². The first-order chi connectivity index (χ1) is 17.2. The van der Waals surface area contributed by atoms with Crippen LogP contribution < -0.4 is 5.32 Å². The van der Waals surface area contributed by atoms with E-state index in [0.29, 0.717) is 18.2 Å². The second kappa shape index (κ2) is 10.1. The van der Waals surface area contributed by atoms with Gasteiger partial charge in [0, 0.05) is 24.2 Å². The number of hydrogen-bond donors (Lipinski definition) is 1. The van der Waals surface area contributed by atoms with Gasteiger partial charge in [-0.3, -0.25) is 14.8 Å². The number of ether oxygens (including phenoxy) is 1. The van der Waals surface area contributed by atoms with Crippen LogP contribution in [0.25, 0.3) is 33.4 Å². The van der Waals surface area contributed by atoms with Crippen LogP contribution >= 0.6 is 0 Å². The molecule has 0 aliphatic rings. The number of hydrogen-bond acceptors (Lipinski definition) is 7. The molecule has 7 heteroatoms. The fraction of sp³-hybridized carbons (Fsp3) is 0.107. The maximum atomic E-state index is 11.8. The summed E-state index contributed by atoms with van der Waals surface area (Å²) in [6.07, 6.45) is 5.25. The minimum Gasteiger partial charge on any atom is -0.469 e. The maximum Gasteiger partial charge on any atom is 0.310 e. The Bertz CT molecular complexity index is 1470. The number of rotatable bonds is 7. The molecule has 3 heterocycles. The summed E-state index contributed by atoms with van der Waals surface area (Å²) in [5.74, 6) is 0.896. The molecule has 0 amide bonds. The normalized spacial score (nSPS) is 10.8. The van der Waals surface area contributed by atoms with E-state index in [0.717, 1.165) is 38.9 Å². The molecule has 1 N–H and O–H groups in total. The average Bonchev–Trinajstić information content (AvgIpc) is 2.92. The molecule has 0 fully saturated rings. The van der Waals surface area contributed by atoms with E-state index in [1.165, 1.54) is 7.11 Å². The minimum atomic E-state index is -0.325. The van der Waals surface area contributed by atoms with Gasteiger partial charge in [0.2, 0.25) is 0 Å². The highest BCUT2D eigenvalue weighted by molar-refractivity contribution is 6.02. The van der Waals surface area contributed by atoms with Crippen molar-refractivity contribution in [2.45, 2.75) is 13.0 Å². The Hall–Kier alpha value is -4.65. The molecular weight excluding hydrogens is 438 g/mol. The monoisotopic (exact) mass is 461 g/mol. The largest absolute Gasteiger partial charge is 0.469 e. The van der Waals surface area contributed by atoms with Crippen molar-refractivity contribution in [2.75, 3.05) is 12.4 Å². The van der Waals surface area contributed by atoms with Gasteiger partial charge in [0.1, 0.15) is 5.82 Å². The summed E-state index contributed by atoms with van der Waals surface area (Å²) in [6, 6.07) is 23.9. The average molecular weight is 462 g/mol. The number of nitrogens with one attached hydrogen (secondary N) is 1. The zero-order chi connectivity index (χ0) is 24.0. The zero-order valence-corrected chi connectivity index (χ0v) is 19.2. The molecular formula is C28H23N5O2. The van der Waals surface area contributed by atoms with Gasteiger partial charge in [-0.15, -0.1) is 0 Å². The van der Waals surface area contributed by atoms with E-state index in [1.807, 2.05) is 54.6 Å². The molecule has 0 atom stereocenters. The molecule has 3 aromatic heterocycles. The van der Waals surface area contributed by atoms with Crippen LogP contribution in [0.5, 0.6) is 0 Å². The Morgan fingerprint density at radius 3 is 2.57 bits per heavy atom. The molecule has 5 aromatic rings. The second-order valence-electron chi connectivity index (χ2n) is 7.97. The van der Waals surface area contributed by atoms with E-state index in [9.17, 15) is 4.79 Å². The molecule has 0 saturated heterocycles. The molecule has 0 saturated carbocycles. The van der Waals surface area contributed by atoms with E-state index in [1.54, 1.807) is 18.6 Å². The third kappa shape index (κ3) is 4.99. The number of aromatic nitrogens is 4. The smallest absolute Gasteiger partial charge is 0.310 e. The maximum absolute atomic E-state index is 11.8. The lowest BCUT2D eigenvalue weighted by Gasteiger charge is -2.14. The van der Waals surface area contributed by atoms with Crippen molar-refractivity contribution >= 4 is 22.7 Å². The Morgan fingerprint density at radius 1 is 0.914 bits per heavy atom. The SMILES string of the molecule is COC(=O)Cc1cncc(-c2nc(NCc3ccccn3)c3c(-c4ccccc4)cccc3n2)c1. The van der Waals surface area contributed by atoms with Gasteiger partial charge < -0.3 is 10.1 Å². The van der Waals surface area contributed by atoms with Crippen molar-refractivity contribution in [3.8, 4) is 22.5 Å². The summed E-state index contributed by atoms with van der Waals surface area (Å²) in [5.41, 5.74) is 5.28. The fourth-order valence-corrected chi connectivity index (χ4v) is 3.92.